The number of rotatable bonds is 6. The molecule has 0 spiro atoms. The van der Waals surface area contributed by atoms with E-state index in [2.05, 4.69) is 15.2 Å². The first-order chi connectivity index (χ1) is 13.2. The number of carboxylic acids is 1. The van der Waals surface area contributed by atoms with Crippen molar-refractivity contribution in [3.63, 3.8) is 0 Å². The van der Waals surface area contributed by atoms with Crippen LogP contribution in [0.25, 0.3) is 0 Å². The fourth-order valence-corrected chi connectivity index (χ4v) is 3.12. The first-order valence-electron chi connectivity index (χ1n) is 8.58. The summed E-state index contributed by atoms with van der Waals surface area (Å²) in [6, 6.07) is 3.70. The summed E-state index contributed by atoms with van der Waals surface area (Å²) in [6.45, 7) is 0. The minimum atomic E-state index is -4.83. The second-order valence-electron chi connectivity index (χ2n) is 6.38. The molecule has 0 saturated heterocycles. The number of nitrogens with zero attached hydrogens (tertiary/aromatic N) is 1. The van der Waals surface area contributed by atoms with Gasteiger partial charge in [0.2, 0.25) is 0 Å². The highest BCUT2D eigenvalue weighted by Gasteiger charge is 2.31. The maximum absolute atomic E-state index is 12.6. The molecule has 0 bridgehead atoms. The summed E-state index contributed by atoms with van der Waals surface area (Å²) >= 11 is 0. The maximum atomic E-state index is 12.6. The molecule has 150 valence electrons. The van der Waals surface area contributed by atoms with Gasteiger partial charge in [-0.15, -0.1) is 13.2 Å². The Labute approximate surface area is 157 Å². The average Bonchev–Trinajstić information content (AvgIpc) is 3.04. The number of amides is 1. The number of hydrogen-bond acceptors (Lipinski definition) is 5. The third-order valence-electron chi connectivity index (χ3n) is 4.37. The van der Waals surface area contributed by atoms with E-state index in [0.29, 0.717) is 29.7 Å². The van der Waals surface area contributed by atoms with Gasteiger partial charge >= 0.3 is 12.3 Å². The Morgan fingerprint density at radius 2 is 1.89 bits per heavy atom. The predicted molar refractivity (Wildman–Crippen MR) is 88.7 cm³/mol. The summed E-state index contributed by atoms with van der Waals surface area (Å²) in [7, 11) is 0. The highest BCUT2D eigenvalue weighted by molar-refractivity contribution is 5.94. The van der Waals surface area contributed by atoms with Crippen LogP contribution in [-0.2, 0) is 17.6 Å². The number of carboxylic acid groups (broad SMARTS) is 1. The van der Waals surface area contributed by atoms with Crippen LogP contribution >= 0.6 is 0 Å². The molecule has 0 saturated carbocycles. The summed E-state index contributed by atoms with van der Waals surface area (Å²) in [5.41, 5.74) is 1.15. The lowest BCUT2D eigenvalue weighted by atomic mass is 9.96. The van der Waals surface area contributed by atoms with Crippen LogP contribution in [0.1, 0.15) is 52.7 Å². The molecule has 7 nitrogen and oxygen atoms in total. The lowest BCUT2D eigenvalue weighted by Gasteiger charge is -2.18. The fourth-order valence-electron chi connectivity index (χ4n) is 3.12. The first-order valence-corrected chi connectivity index (χ1v) is 8.58. The summed E-state index contributed by atoms with van der Waals surface area (Å²) in [6.07, 6.45) is -2.11. The van der Waals surface area contributed by atoms with E-state index >= 15 is 0 Å². The van der Waals surface area contributed by atoms with E-state index in [1.165, 1.54) is 12.1 Å². The number of aliphatic carboxylic acids is 1. The van der Waals surface area contributed by atoms with Crippen molar-refractivity contribution in [3.8, 4) is 5.75 Å². The molecule has 0 radical (unpaired) electrons. The van der Waals surface area contributed by atoms with Gasteiger partial charge in [0.15, 0.2) is 5.69 Å². The standard InChI is InChI=1S/C18H17F3N2O5/c19-18(20,21)27-11-7-5-10(6-8-11)13(9-15(24)25)22-17(26)16-12-3-1-2-4-14(12)28-23-16/h5-8,13H,1-4,9H2,(H,22,26)(H,24,25). The Morgan fingerprint density at radius 3 is 2.54 bits per heavy atom. The molecule has 1 heterocycles. The largest absolute Gasteiger partial charge is 0.573 e. The van der Waals surface area contributed by atoms with Gasteiger partial charge in [-0.05, 0) is 37.0 Å². The van der Waals surface area contributed by atoms with E-state index < -0.39 is 36.5 Å². The highest BCUT2D eigenvalue weighted by atomic mass is 19.4. The molecule has 0 aliphatic heterocycles. The van der Waals surface area contributed by atoms with Crippen molar-refractivity contribution in [2.45, 2.75) is 44.5 Å². The van der Waals surface area contributed by atoms with Crippen molar-refractivity contribution >= 4 is 11.9 Å². The Hall–Kier alpha value is -3.04. The molecule has 2 aromatic rings. The van der Waals surface area contributed by atoms with Crippen LogP contribution in [0, 0.1) is 0 Å². The van der Waals surface area contributed by atoms with Crippen molar-refractivity contribution in [2.24, 2.45) is 0 Å². The fraction of sp³-hybridized carbons (Fsp3) is 0.389. The van der Waals surface area contributed by atoms with Crippen molar-refractivity contribution < 1.29 is 37.1 Å². The van der Waals surface area contributed by atoms with E-state index in [1.807, 2.05) is 0 Å². The molecule has 28 heavy (non-hydrogen) atoms. The number of nitrogens with one attached hydrogen (secondary N) is 1. The number of aryl methyl sites for hydroxylation is 1. The Bertz CT molecular complexity index is 861. The molecular formula is C18H17F3N2O5. The van der Waals surface area contributed by atoms with Gasteiger partial charge in [0, 0.05) is 12.0 Å². The molecule has 0 fully saturated rings. The minimum absolute atomic E-state index is 0.113. The molecule has 10 heteroatoms. The molecule has 3 rings (SSSR count). The molecular weight excluding hydrogens is 381 g/mol. The normalized spacial score (nSPS) is 14.8. The van der Waals surface area contributed by atoms with Crippen LogP contribution in [-0.4, -0.2) is 28.5 Å². The molecule has 1 amide bonds. The van der Waals surface area contributed by atoms with Gasteiger partial charge in [-0.1, -0.05) is 17.3 Å². The van der Waals surface area contributed by atoms with Crippen LogP contribution in [0.5, 0.6) is 5.75 Å². The van der Waals surface area contributed by atoms with Crippen LogP contribution in [0.15, 0.2) is 28.8 Å². The van der Waals surface area contributed by atoms with Gasteiger partial charge in [0.05, 0.1) is 12.5 Å². The van der Waals surface area contributed by atoms with E-state index in [4.69, 9.17) is 9.63 Å². The Balaban J connectivity index is 1.78. The van der Waals surface area contributed by atoms with Gasteiger partial charge in [-0.3, -0.25) is 9.59 Å². The van der Waals surface area contributed by atoms with Crippen molar-refractivity contribution in [1.29, 1.82) is 0 Å². The van der Waals surface area contributed by atoms with Crippen LogP contribution in [0.4, 0.5) is 13.2 Å². The average molecular weight is 398 g/mol. The lowest BCUT2D eigenvalue weighted by Crippen LogP contribution is -2.31. The molecule has 1 aromatic heterocycles. The zero-order chi connectivity index (χ0) is 20.3. The summed E-state index contributed by atoms with van der Waals surface area (Å²) < 4.78 is 45.8. The smallest absolute Gasteiger partial charge is 0.481 e. The number of ether oxygens (including phenoxy) is 1. The summed E-state index contributed by atoms with van der Waals surface area (Å²) in [4.78, 5) is 23.8. The molecule has 1 atom stereocenters. The van der Waals surface area contributed by atoms with E-state index in [9.17, 15) is 22.8 Å². The third-order valence-corrected chi connectivity index (χ3v) is 4.37. The highest BCUT2D eigenvalue weighted by Crippen LogP contribution is 2.27. The summed E-state index contributed by atoms with van der Waals surface area (Å²) in [5, 5.41) is 15.5. The molecule has 1 aliphatic rings. The van der Waals surface area contributed by atoms with Crippen molar-refractivity contribution in [3.05, 3.63) is 46.8 Å². The van der Waals surface area contributed by atoms with Crippen molar-refractivity contribution in [2.75, 3.05) is 0 Å². The SMILES string of the molecule is O=C(O)CC(NC(=O)c1noc2c1CCCC2)c1ccc(OC(F)(F)F)cc1. The first kappa shape index (κ1) is 19.7. The van der Waals surface area contributed by atoms with E-state index in [1.54, 1.807) is 0 Å². The number of hydrogen-bond donors (Lipinski definition) is 2. The van der Waals surface area contributed by atoms with Crippen molar-refractivity contribution in [1.82, 2.24) is 10.5 Å². The molecule has 1 unspecified atom stereocenters. The van der Waals surface area contributed by atoms with Crippen LogP contribution < -0.4 is 10.1 Å². The molecule has 1 aliphatic carbocycles. The number of halogens is 3. The number of carbonyl (C=O) groups excluding carboxylic acids is 1. The zero-order valence-electron chi connectivity index (χ0n) is 14.6. The van der Waals surface area contributed by atoms with Gasteiger partial charge in [0.25, 0.3) is 5.91 Å². The van der Waals surface area contributed by atoms with E-state index in [-0.39, 0.29) is 5.69 Å². The maximum Gasteiger partial charge on any atom is 0.573 e. The molecule has 2 N–H and O–H groups in total. The second kappa shape index (κ2) is 7.91. The summed E-state index contributed by atoms with van der Waals surface area (Å²) in [5.74, 6) is -1.56. The topological polar surface area (TPSA) is 102 Å². The lowest BCUT2D eigenvalue weighted by molar-refractivity contribution is -0.274. The number of benzene rings is 1. The monoisotopic (exact) mass is 398 g/mol. The Morgan fingerprint density at radius 1 is 1.21 bits per heavy atom. The zero-order valence-corrected chi connectivity index (χ0v) is 14.6. The number of fused-ring (bicyclic) bond motifs is 1. The Kier molecular flexibility index (Phi) is 5.57. The van der Waals surface area contributed by atoms with Gasteiger partial charge in [-0.25, -0.2) is 0 Å². The van der Waals surface area contributed by atoms with Crippen LogP contribution in [0.2, 0.25) is 0 Å². The van der Waals surface area contributed by atoms with Crippen LogP contribution in [0.3, 0.4) is 0 Å². The number of aromatic nitrogens is 1. The van der Waals surface area contributed by atoms with Gasteiger partial charge in [-0.2, -0.15) is 0 Å². The number of alkyl halides is 3. The predicted octanol–water partition coefficient (Wildman–Crippen LogP) is 3.40. The molecule has 1 aromatic carbocycles. The second-order valence-corrected chi connectivity index (χ2v) is 6.38. The van der Waals surface area contributed by atoms with Gasteiger partial charge < -0.3 is 19.7 Å². The third kappa shape index (κ3) is 4.81. The quantitative estimate of drug-likeness (QED) is 0.773. The van der Waals surface area contributed by atoms with Gasteiger partial charge in [0.1, 0.15) is 11.5 Å². The number of carbonyl (C=O) groups is 2. The van der Waals surface area contributed by atoms with E-state index in [0.717, 1.165) is 25.0 Å². The minimum Gasteiger partial charge on any atom is -0.481 e.